The zero-order valence-electron chi connectivity index (χ0n) is 12.9. The second kappa shape index (κ2) is 6.84. The first kappa shape index (κ1) is 17.7. The van der Waals surface area contributed by atoms with Crippen LogP contribution in [-0.2, 0) is 0 Å². The first-order valence-electron chi connectivity index (χ1n) is 6.93. The smallest absolute Gasteiger partial charge is 0.253 e. The molecule has 7 heteroatoms. The number of nitrogens with two attached hydrogens (primary N) is 1. The van der Waals surface area contributed by atoms with E-state index in [4.69, 9.17) is 17.3 Å². The third kappa shape index (κ3) is 3.48. The van der Waals surface area contributed by atoms with Crippen LogP contribution in [0, 0.1) is 12.7 Å². The fourth-order valence-corrected chi connectivity index (χ4v) is 2.80. The molecule has 2 rings (SSSR count). The number of nitrogens with zero attached hydrogens (tertiary/aromatic N) is 1. The maximum atomic E-state index is 14.3. The molecule has 0 radical (unpaired) electrons. The molecule has 1 heterocycles. The quantitative estimate of drug-likeness (QED) is 0.716. The minimum absolute atomic E-state index is 0.148. The minimum Gasteiger partial charge on any atom is -0.365 e. The normalized spacial score (nSPS) is 10.9. The molecule has 122 valence electrons. The number of pyridine rings is 1. The molecule has 0 fully saturated rings. The number of benzene rings is 1. The Kier molecular flexibility index (Phi) is 5.26. The van der Waals surface area contributed by atoms with E-state index in [-0.39, 0.29) is 22.2 Å². The van der Waals surface area contributed by atoms with Gasteiger partial charge in [-0.3, -0.25) is 9.78 Å². The molecule has 0 atom stereocenters. The molecule has 0 aliphatic rings. The van der Waals surface area contributed by atoms with Gasteiger partial charge in [-0.2, -0.15) is 0 Å². The van der Waals surface area contributed by atoms with E-state index in [9.17, 15) is 9.18 Å². The summed E-state index contributed by atoms with van der Waals surface area (Å²) in [5, 5.41) is 2.91. The largest absolute Gasteiger partial charge is 0.365 e. The molecule has 2 aromatic rings. The summed E-state index contributed by atoms with van der Waals surface area (Å²) in [4.78, 5) is 16.0. The standard InChI is InChI=1S/C16H16BrClFN3O/c1-7(2)14-15(8(3)4-5-21-14)22-10-6-9(17)12(18)13(19)11(10)16(20)23/h4-7,22H,1-3H3,(H2,20,23). The van der Waals surface area contributed by atoms with Crippen LogP contribution < -0.4 is 11.1 Å². The highest BCUT2D eigenvalue weighted by molar-refractivity contribution is 9.10. The Morgan fingerprint density at radius 2 is 2.13 bits per heavy atom. The summed E-state index contributed by atoms with van der Waals surface area (Å²) < 4.78 is 14.6. The summed E-state index contributed by atoms with van der Waals surface area (Å²) in [5.41, 5.74) is 7.73. The summed E-state index contributed by atoms with van der Waals surface area (Å²) in [7, 11) is 0. The molecule has 0 saturated heterocycles. The minimum atomic E-state index is -0.896. The average Bonchev–Trinajstić information content (AvgIpc) is 2.46. The van der Waals surface area contributed by atoms with Crippen molar-refractivity contribution in [2.75, 3.05) is 5.32 Å². The molecule has 1 amide bonds. The average molecular weight is 401 g/mol. The molecule has 4 nitrogen and oxygen atoms in total. The van der Waals surface area contributed by atoms with Gasteiger partial charge in [-0.25, -0.2) is 4.39 Å². The van der Waals surface area contributed by atoms with E-state index in [2.05, 4.69) is 26.2 Å². The Bertz CT molecular complexity index is 780. The van der Waals surface area contributed by atoms with Gasteiger partial charge in [0.25, 0.3) is 5.91 Å². The third-order valence-electron chi connectivity index (χ3n) is 3.40. The predicted octanol–water partition coefficient (Wildman–Crippen LogP) is 4.91. The molecular formula is C16H16BrClFN3O. The molecule has 0 bridgehead atoms. The number of nitrogens with one attached hydrogen (secondary N) is 1. The van der Waals surface area contributed by atoms with Crippen LogP contribution in [0.2, 0.25) is 5.02 Å². The van der Waals surface area contributed by atoms with Crippen LogP contribution in [0.3, 0.4) is 0 Å². The van der Waals surface area contributed by atoms with Crippen molar-refractivity contribution >= 4 is 44.8 Å². The zero-order valence-corrected chi connectivity index (χ0v) is 15.2. The number of amides is 1. The van der Waals surface area contributed by atoms with Gasteiger partial charge in [0.15, 0.2) is 5.82 Å². The van der Waals surface area contributed by atoms with Crippen molar-refractivity contribution in [3.8, 4) is 0 Å². The topological polar surface area (TPSA) is 68.0 Å². The lowest BCUT2D eigenvalue weighted by atomic mass is 10.0. The number of hydrogen-bond donors (Lipinski definition) is 2. The summed E-state index contributed by atoms with van der Waals surface area (Å²) in [5.74, 6) is -1.61. The molecule has 0 aliphatic heterocycles. The Balaban J connectivity index is 2.64. The fourth-order valence-electron chi connectivity index (χ4n) is 2.25. The highest BCUT2D eigenvalue weighted by Gasteiger charge is 2.22. The van der Waals surface area contributed by atoms with E-state index < -0.39 is 11.7 Å². The number of hydrogen-bond acceptors (Lipinski definition) is 3. The van der Waals surface area contributed by atoms with Gasteiger partial charge < -0.3 is 11.1 Å². The summed E-state index contributed by atoms with van der Waals surface area (Å²) in [6.07, 6.45) is 1.71. The predicted molar refractivity (Wildman–Crippen MR) is 94.0 cm³/mol. The molecule has 0 unspecified atom stereocenters. The number of aryl methyl sites for hydroxylation is 1. The number of carbonyl (C=O) groups excluding carboxylic acids is 1. The lowest BCUT2D eigenvalue weighted by molar-refractivity contribution is 0.0997. The van der Waals surface area contributed by atoms with Gasteiger partial charge in [0.1, 0.15) is 0 Å². The van der Waals surface area contributed by atoms with Gasteiger partial charge >= 0.3 is 0 Å². The van der Waals surface area contributed by atoms with Crippen molar-refractivity contribution in [3.63, 3.8) is 0 Å². The highest BCUT2D eigenvalue weighted by Crippen LogP contribution is 2.36. The number of primary amides is 1. The fraction of sp³-hybridized carbons (Fsp3) is 0.250. The van der Waals surface area contributed by atoms with Gasteiger partial charge in [-0.1, -0.05) is 25.4 Å². The van der Waals surface area contributed by atoms with Crippen LogP contribution >= 0.6 is 27.5 Å². The van der Waals surface area contributed by atoms with E-state index in [0.29, 0.717) is 4.47 Å². The summed E-state index contributed by atoms with van der Waals surface area (Å²) in [6, 6.07) is 3.36. The summed E-state index contributed by atoms with van der Waals surface area (Å²) in [6.45, 7) is 5.90. The zero-order chi connectivity index (χ0) is 17.3. The number of aromatic nitrogens is 1. The Hall–Kier alpha value is -1.66. The van der Waals surface area contributed by atoms with E-state index in [1.54, 1.807) is 6.20 Å². The van der Waals surface area contributed by atoms with Gasteiger partial charge in [0, 0.05) is 10.7 Å². The molecule has 0 spiro atoms. The van der Waals surface area contributed by atoms with E-state index >= 15 is 0 Å². The summed E-state index contributed by atoms with van der Waals surface area (Å²) >= 11 is 9.02. The third-order valence-corrected chi connectivity index (χ3v) is 4.63. The monoisotopic (exact) mass is 399 g/mol. The van der Waals surface area contributed by atoms with Crippen molar-refractivity contribution in [3.05, 3.63) is 50.5 Å². The second-order valence-corrected chi connectivity index (χ2v) is 6.67. The molecule has 0 aliphatic carbocycles. The number of rotatable bonds is 4. The number of anilines is 2. The lowest BCUT2D eigenvalue weighted by Gasteiger charge is -2.18. The van der Waals surface area contributed by atoms with Crippen LogP contribution in [-0.4, -0.2) is 10.9 Å². The van der Waals surface area contributed by atoms with Gasteiger partial charge in [0.05, 0.1) is 27.7 Å². The molecule has 23 heavy (non-hydrogen) atoms. The maximum Gasteiger partial charge on any atom is 0.253 e. The molecule has 1 aromatic carbocycles. The van der Waals surface area contributed by atoms with Crippen molar-refractivity contribution in [1.29, 1.82) is 0 Å². The van der Waals surface area contributed by atoms with Crippen molar-refractivity contribution in [1.82, 2.24) is 4.98 Å². The van der Waals surface area contributed by atoms with Crippen molar-refractivity contribution in [2.24, 2.45) is 5.73 Å². The number of halogens is 3. The van der Waals surface area contributed by atoms with E-state index in [1.807, 2.05) is 26.8 Å². The van der Waals surface area contributed by atoms with Crippen LogP contribution in [0.5, 0.6) is 0 Å². The molecule has 0 saturated carbocycles. The molecular weight excluding hydrogens is 385 g/mol. The Labute approximate surface area is 147 Å². The van der Waals surface area contributed by atoms with Crippen LogP contribution in [0.1, 0.15) is 41.4 Å². The Morgan fingerprint density at radius 1 is 1.48 bits per heavy atom. The van der Waals surface area contributed by atoms with E-state index in [1.165, 1.54) is 6.07 Å². The van der Waals surface area contributed by atoms with E-state index in [0.717, 1.165) is 16.9 Å². The van der Waals surface area contributed by atoms with Gasteiger partial charge in [-0.05, 0) is 46.5 Å². The van der Waals surface area contributed by atoms with Crippen LogP contribution in [0.4, 0.5) is 15.8 Å². The highest BCUT2D eigenvalue weighted by atomic mass is 79.9. The van der Waals surface area contributed by atoms with Gasteiger partial charge in [0.2, 0.25) is 0 Å². The molecule has 3 N–H and O–H groups in total. The number of carbonyl (C=O) groups is 1. The van der Waals surface area contributed by atoms with Crippen molar-refractivity contribution in [2.45, 2.75) is 26.7 Å². The maximum absolute atomic E-state index is 14.3. The lowest BCUT2D eigenvalue weighted by Crippen LogP contribution is -2.17. The van der Waals surface area contributed by atoms with Crippen molar-refractivity contribution < 1.29 is 9.18 Å². The SMILES string of the molecule is Cc1ccnc(C(C)C)c1Nc1cc(Br)c(Cl)c(F)c1C(N)=O. The van der Waals surface area contributed by atoms with Gasteiger partial charge in [-0.15, -0.1) is 0 Å². The molecule has 1 aromatic heterocycles. The first-order valence-corrected chi connectivity index (χ1v) is 8.11. The van der Waals surface area contributed by atoms with Crippen LogP contribution in [0.15, 0.2) is 22.8 Å². The second-order valence-electron chi connectivity index (χ2n) is 5.44. The first-order chi connectivity index (χ1) is 10.7. The Morgan fingerprint density at radius 3 is 2.70 bits per heavy atom. The van der Waals surface area contributed by atoms with Crippen LogP contribution in [0.25, 0.3) is 0 Å².